The van der Waals surface area contributed by atoms with Crippen LogP contribution >= 0.6 is 0 Å². The van der Waals surface area contributed by atoms with E-state index in [1.54, 1.807) is 0 Å². The molecule has 4 nitrogen and oxygen atoms in total. The van der Waals surface area contributed by atoms with Crippen molar-refractivity contribution in [2.45, 2.75) is 13.0 Å². The standard InChI is InChI=1S/C15H18N2O2/c1-10-3-4-12-8-13(6-5-11(12)7-10)17(2)9-14(16)15(18)19/h3-8,14H,9,16H2,1-2H3,(H,18,19). The number of carboxylic acids is 1. The molecule has 0 aliphatic rings. The van der Waals surface area contributed by atoms with E-state index in [0.29, 0.717) is 0 Å². The number of carbonyl (C=O) groups is 1. The molecule has 0 aliphatic carbocycles. The monoisotopic (exact) mass is 258 g/mol. The van der Waals surface area contributed by atoms with E-state index in [4.69, 9.17) is 10.8 Å². The number of anilines is 1. The summed E-state index contributed by atoms with van der Waals surface area (Å²) >= 11 is 0. The topological polar surface area (TPSA) is 66.6 Å². The lowest BCUT2D eigenvalue weighted by Crippen LogP contribution is -2.41. The van der Waals surface area contributed by atoms with Crippen LogP contribution in [0.5, 0.6) is 0 Å². The number of nitrogens with two attached hydrogens (primary N) is 1. The van der Waals surface area contributed by atoms with Crippen molar-refractivity contribution >= 4 is 22.4 Å². The van der Waals surface area contributed by atoms with Crippen LogP contribution in [-0.2, 0) is 4.79 Å². The average Bonchev–Trinajstić information content (AvgIpc) is 2.37. The average molecular weight is 258 g/mol. The molecule has 2 rings (SSSR count). The van der Waals surface area contributed by atoms with Crippen molar-refractivity contribution in [1.82, 2.24) is 0 Å². The number of benzene rings is 2. The van der Waals surface area contributed by atoms with Gasteiger partial charge in [-0.05, 0) is 29.8 Å². The van der Waals surface area contributed by atoms with E-state index in [9.17, 15) is 4.79 Å². The van der Waals surface area contributed by atoms with Crippen molar-refractivity contribution in [3.05, 3.63) is 42.0 Å². The zero-order chi connectivity index (χ0) is 14.0. The van der Waals surface area contributed by atoms with E-state index in [2.05, 4.69) is 25.1 Å². The molecule has 0 fully saturated rings. The van der Waals surface area contributed by atoms with Gasteiger partial charge in [-0.25, -0.2) is 0 Å². The first-order valence-corrected chi connectivity index (χ1v) is 6.17. The van der Waals surface area contributed by atoms with Crippen LogP contribution in [0, 0.1) is 6.92 Å². The second-order valence-electron chi connectivity index (χ2n) is 4.86. The third kappa shape index (κ3) is 3.03. The van der Waals surface area contributed by atoms with Gasteiger partial charge in [0.2, 0.25) is 0 Å². The Hall–Kier alpha value is -2.07. The van der Waals surface area contributed by atoms with Crippen LogP contribution in [0.2, 0.25) is 0 Å². The van der Waals surface area contributed by atoms with Gasteiger partial charge in [-0.15, -0.1) is 0 Å². The Bertz CT molecular complexity index is 610. The number of nitrogens with zero attached hydrogens (tertiary/aromatic N) is 1. The molecule has 1 unspecified atom stereocenters. The summed E-state index contributed by atoms with van der Waals surface area (Å²) in [4.78, 5) is 12.6. The van der Waals surface area contributed by atoms with Crippen LogP contribution in [0.4, 0.5) is 5.69 Å². The first-order chi connectivity index (χ1) is 8.97. The Balaban J connectivity index is 2.25. The minimum Gasteiger partial charge on any atom is -0.480 e. The van der Waals surface area contributed by atoms with E-state index in [-0.39, 0.29) is 6.54 Å². The van der Waals surface area contributed by atoms with E-state index in [1.807, 2.05) is 30.1 Å². The zero-order valence-corrected chi connectivity index (χ0v) is 11.1. The van der Waals surface area contributed by atoms with E-state index in [0.717, 1.165) is 11.1 Å². The molecule has 0 amide bonds. The van der Waals surface area contributed by atoms with Crippen molar-refractivity contribution in [2.75, 3.05) is 18.5 Å². The minimum atomic E-state index is -0.983. The third-order valence-corrected chi connectivity index (χ3v) is 3.21. The fraction of sp³-hybridized carbons (Fsp3) is 0.267. The van der Waals surface area contributed by atoms with Gasteiger partial charge in [-0.3, -0.25) is 4.79 Å². The van der Waals surface area contributed by atoms with Crippen LogP contribution in [0.15, 0.2) is 36.4 Å². The van der Waals surface area contributed by atoms with Crippen molar-refractivity contribution < 1.29 is 9.90 Å². The molecule has 1 atom stereocenters. The molecule has 0 radical (unpaired) electrons. The smallest absolute Gasteiger partial charge is 0.322 e. The number of fused-ring (bicyclic) bond motifs is 1. The van der Waals surface area contributed by atoms with Gasteiger partial charge < -0.3 is 15.7 Å². The molecule has 2 aromatic carbocycles. The SMILES string of the molecule is Cc1ccc2cc(N(C)CC(N)C(=O)O)ccc2c1. The Kier molecular flexibility index (Phi) is 3.71. The Labute approximate surface area is 112 Å². The van der Waals surface area contributed by atoms with Gasteiger partial charge in [0, 0.05) is 19.3 Å². The van der Waals surface area contributed by atoms with Gasteiger partial charge in [0.15, 0.2) is 0 Å². The summed E-state index contributed by atoms with van der Waals surface area (Å²) in [5.41, 5.74) is 7.74. The lowest BCUT2D eigenvalue weighted by Gasteiger charge is -2.21. The predicted molar refractivity (Wildman–Crippen MR) is 77.6 cm³/mol. The molecule has 100 valence electrons. The Morgan fingerprint density at radius 3 is 2.58 bits per heavy atom. The molecule has 0 aromatic heterocycles. The number of hydrogen-bond donors (Lipinski definition) is 2. The number of aryl methyl sites for hydroxylation is 1. The second kappa shape index (κ2) is 5.28. The summed E-state index contributed by atoms with van der Waals surface area (Å²) in [6, 6.07) is 11.5. The largest absolute Gasteiger partial charge is 0.480 e. The van der Waals surface area contributed by atoms with Gasteiger partial charge in [-0.2, -0.15) is 0 Å². The van der Waals surface area contributed by atoms with Crippen LogP contribution < -0.4 is 10.6 Å². The van der Waals surface area contributed by atoms with E-state index >= 15 is 0 Å². The maximum Gasteiger partial charge on any atom is 0.322 e. The highest BCUT2D eigenvalue weighted by Crippen LogP contribution is 2.22. The van der Waals surface area contributed by atoms with Gasteiger partial charge in [0.1, 0.15) is 6.04 Å². The lowest BCUT2D eigenvalue weighted by atomic mass is 10.1. The first-order valence-electron chi connectivity index (χ1n) is 6.17. The maximum atomic E-state index is 10.8. The Morgan fingerprint density at radius 2 is 1.89 bits per heavy atom. The molecule has 19 heavy (non-hydrogen) atoms. The highest BCUT2D eigenvalue weighted by molar-refractivity contribution is 5.86. The number of aliphatic carboxylic acids is 1. The molecule has 3 N–H and O–H groups in total. The highest BCUT2D eigenvalue weighted by Gasteiger charge is 2.14. The van der Waals surface area contributed by atoms with Crippen LogP contribution in [0.3, 0.4) is 0 Å². The van der Waals surface area contributed by atoms with Gasteiger partial charge in [0.25, 0.3) is 0 Å². The molecule has 2 aromatic rings. The third-order valence-electron chi connectivity index (χ3n) is 3.21. The molecule has 0 aliphatic heterocycles. The van der Waals surface area contributed by atoms with Crippen molar-refractivity contribution in [3.8, 4) is 0 Å². The predicted octanol–water partition coefficient (Wildman–Crippen LogP) is 2.00. The van der Waals surface area contributed by atoms with Crippen LogP contribution in [0.1, 0.15) is 5.56 Å². The molecule has 0 saturated carbocycles. The summed E-state index contributed by atoms with van der Waals surface area (Å²) in [6.07, 6.45) is 0. The van der Waals surface area contributed by atoms with E-state index < -0.39 is 12.0 Å². The zero-order valence-electron chi connectivity index (χ0n) is 11.1. The number of hydrogen-bond acceptors (Lipinski definition) is 3. The van der Waals surface area contributed by atoms with Crippen LogP contribution in [-0.4, -0.2) is 30.7 Å². The molecule has 0 spiro atoms. The van der Waals surface area contributed by atoms with Gasteiger partial charge in [0.05, 0.1) is 0 Å². The molecular formula is C15H18N2O2. The Morgan fingerprint density at radius 1 is 1.26 bits per heavy atom. The van der Waals surface area contributed by atoms with Crippen molar-refractivity contribution in [1.29, 1.82) is 0 Å². The minimum absolute atomic E-state index is 0.284. The molecule has 0 heterocycles. The fourth-order valence-electron chi connectivity index (χ4n) is 2.07. The molecule has 0 bridgehead atoms. The summed E-state index contributed by atoms with van der Waals surface area (Å²) in [6.45, 7) is 2.35. The van der Waals surface area contributed by atoms with Crippen molar-refractivity contribution in [3.63, 3.8) is 0 Å². The van der Waals surface area contributed by atoms with Crippen LogP contribution in [0.25, 0.3) is 10.8 Å². The molecular weight excluding hydrogens is 240 g/mol. The van der Waals surface area contributed by atoms with Crippen molar-refractivity contribution in [2.24, 2.45) is 5.73 Å². The van der Waals surface area contributed by atoms with E-state index in [1.165, 1.54) is 10.9 Å². The highest BCUT2D eigenvalue weighted by atomic mass is 16.4. The number of carboxylic acid groups (broad SMARTS) is 1. The number of rotatable bonds is 4. The summed E-state index contributed by atoms with van der Waals surface area (Å²) < 4.78 is 0. The number of likely N-dealkylation sites (N-methyl/N-ethyl adjacent to an activating group) is 1. The fourth-order valence-corrected chi connectivity index (χ4v) is 2.07. The summed E-state index contributed by atoms with van der Waals surface area (Å²) in [5, 5.41) is 11.1. The first kappa shape index (κ1) is 13.4. The summed E-state index contributed by atoms with van der Waals surface area (Å²) in [5.74, 6) is -0.983. The second-order valence-corrected chi connectivity index (χ2v) is 4.86. The summed E-state index contributed by atoms with van der Waals surface area (Å²) in [7, 11) is 1.85. The quantitative estimate of drug-likeness (QED) is 0.880. The van der Waals surface area contributed by atoms with Gasteiger partial charge >= 0.3 is 5.97 Å². The van der Waals surface area contributed by atoms with Gasteiger partial charge in [-0.1, -0.05) is 29.8 Å². The molecule has 0 saturated heterocycles. The normalized spacial score (nSPS) is 12.4. The molecule has 4 heteroatoms. The lowest BCUT2D eigenvalue weighted by molar-refractivity contribution is -0.138. The maximum absolute atomic E-state index is 10.8.